The van der Waals surface area contributed by atoms with E-state index in [4.69, 9.17) is 11.6 Å². The topological polar surface area (TPSA) is 61.5 Å². The molecule has 2 heterocycles. The zero-order valence-electron chi connectivity index (χ0n) is 21.9. The molecule has 0 amide bonds. The lowest BCUT2D eigenvalue weighted by Gasteiger charge is -2.33. The molecule has 0 aliphatic carbocycles. The normalized spacial score (nSPS) is 16.4. The van der Waals surface area contributed by atoms with Gasteiger partial charge in [-0.2, -0.15) is 0 Å². The molecule has 4 aromatic rings. The molecule has 1 aliphatic rings. The lowest BCUT2D eigenvalue weighted by molar-refractivity contribution is 0.117. The number of aryl methyl sites for hydroxylation is 1. The molecule has 2 atom stereocenters. The molecule has 0 fully saturated rings. The number of allylic oxidation sites excluding steroid dienone is 1. The second-order valence-electron chi connectivity index (χ2n) is 10.2. The van der Waals surface area contributed by atoms with Gasteiger partial charge >= 0.3 is 0 Å². The van der Waals surface area contributed by atoms with E-state index in [2.05, 4.69) is 58.3 Å². The predicted molar refractivity (Wildman–Crippen MR) is 152 cm³/mol. The van der Waals surface area contributed by atoms with Gasteiger partial charge in [-0.05, 0) is 72.5 Å². The van der Waals surface area contributed by atoms with Crippen molar-refractivity contribution in [2.75, 3.05) is 11.9 Å². The molecular weight excluding hydrogens is 494 g/mol. The van der Waals surface area contributed by atoms with Crippen LogP contribution in [0.2, 0.25) is 5.02 Å². The first-order valence-corrected chi connectivity index (χ1v) is 12.8. The summed E-state index contributed by atoms with van der Waals surface area (Å²) >= 11 is 6.19. The van der Waals surface area contributed by atoms with Crippen LogP contribution in [0.4, 0.5) is 5.69 Å². The van der Waals surface area contributed by atoms with Crippen LogP contribution in [-0.2, 0) is 12.6 Å². The average molecular weight is 524 g/mol. The van der Waals surface area contributed by atoms with Crippen LogP contribution in [-0.4, -0.2) is 32.4 Å². The van der Waals surface area contributed by atoms with Gasteiger partial charge < -0.3 is 19.7 Å². The Balaban J connectivity index is 1.66. The Labute approximate surface area is 228 Å². The highest BCUT2D eigenvalue weighted by atomic mass is 35.5. The van der Waals surface area contributed by atoms with Crippen molar-refractivity contribution in [2.24, 2.45) is 7.05 Å². The van der Waals surface area contributed by atoms with E-state index in [9.17, 15) is 10.2 Å². The molecule has 1 aliphatic heterocycles. The van der Waals surface area contributed by atoms with Gasteiger partial charge in [-0.25, -0.2) is 4.98 Å². The first kappa shape index (κ1) is 25.8. The van der Waals surface area contributed by atoms with Crippen molar-refractivity contribution >= 4 is 17.3 Å². The number of hydrogen-bond acceptors (Lipinski definition) is 4. The monoisotopic (exact) mass is 523 g/mol. The molecular formula is C32H30ClN3O2. The molecule has 6 heteroatoms. The Hall–Kier alpha value is -3.82. The van der Waals surface area contributed by atoms with E-state index in [1.807, 2.05) is 49.0 Å². The minimum absolute atomic E-state index is 0.0500. The van der Waals surface area contributed by atoms with Crippen LogP contribution in [0.15, 0.2) is 91.5 Å². The molecule has 0 saturated carbocycles. The maximum atomic E-state index is 12.4. The van der Waals surface area contributed by atoms with Gasteiger partial charge in [-0.3, -0.25) is 0 Å². The van der Waals surface area contributed by atoms with E-state index in [-0.39, 0.29) is 5.92 Å². The summed E-state index contributed by atoms with van der Waals surface area (Å²) in [6.45, 7) is 3.34. The predicted octanol–water partition coefficient (Wildman–Crippen LogP) is 5.58. The number of benzene rings is 3. The van der Waals surface area contributed by atoms with Crippen LogP contribution in [0.1, 0.15) is 53.3 Å². The molecule has 0 bridgehead atoms. The first-order chi connectivity index (χ1) is 18.1. The van der Waals surface area contributed by atoms with Crippen LogP contribution in [0.5, 0.6) is 0 Å². The van der Waals surface area contributed by atoms with E-state index < -0.39 is 11.2 Å². The molecule has 192 valence electrons. The molecule has 5 nitrogen and oxygen atoms in total. The van der Waals surface area contributed by atoms with E-state index in [0.717, 1.165) is 27.9 Å². The summed E-state index contributed by atoms with van der Waals surface area (Å²) in [4.78, 5) is 6.37. The van der Waals surface area contributed by atoms with Gasteiger partial charge in [0.15, 0.2) is 5.60 Å². The number of aromatic nitrogens is 2. The average Bonchev–Trinajstić information content (AvgIpc) is 3.33. The Kier molecular flexibility index (Phi) is 6.66. The number of nitrogens with zero attached hydrogens (tertiary/aromatic N) is 3. The number of halogens is 1. The fraction of sp³-hybridized carbons (Fsp3) is 0.219. The van der Waals surface area contributed by atoms with Crippen LogP contribution < -0.4 is 4.90 Å². The zero-order chi connectivity index (χ0) is 27.1. The van der Waals surface area contributed by atoms with Crippen molar-refractivity contribution in [1.82, 2.24) is 9.55 Å². The van der Waals surface area contributed by atoms with Crippen molar-refractivity contribution in [3.05, 3.63) is 130 Å². The number of fused-ring (bicyclic) bond motifs is 1. The Morgan fingerprint density at radius 2 is 1.68 bits per heavy atom. The first-order valence-electron chi connectivity index (χ1n) is 12.4. The highest BCUT2D eigenvalue weighted by molar-refractivity contribution is 6.30. The summed E-state index contributed by atoms with van der Waals surface area (Å²) in [6.07, 6.45) is 7.60. The van der Waals surface area contributed by atoms with Crippen molar-refractivity contribution < 1.29 is 10.2 Å². The number of rotatable bonds is 4. The lowest BCUT2D eigenvalue weighted by atomic mass is 9.79. The summed E-state index contributed by atoms with van der Waals surface area (Å²) < 4.78 is 1.84. The fourth-order valence-electron chi connectivity index (χ4n) is 4.93. The number of aliphatic hydroxyl groups is 2. The third-order valence-electron chi connectivity index (χ3n) is 6.87. The van der Waals surface area contributed by atoms with E-state index >= 15 is 0 Å². The van der Waals surface area contributed by atoms with Gasteiger partial charge in [0.2, 0.25) is 0 Å². The summed E-state index contributed by atoms with van der Waals surface area (Å²) in [5.41, 5.74) is 3.60. The van der Waals surface area contributed by atoms with Crippen LogP contribution in [0, 0.1) is 11.8 Å². The molecule has 2 unspecified atom stereocenters. The number of imidazole rings is 1. The SMILES string of the molecule is CN1C=CC(c2cccc(C#CC(C)(C)O)c2)c2cc(C(O)(c3ccc(Cl)cc3)c3cncn3C)ccc21. The van der Waals surface area contributed by atoms with E-state index in [1.165, 1.54) is 0 Å². The minimum atomic E-state index is -1.45. The van der Waals surface area contributed by atoms with Gasteiger partial charge in [0.1, 0.15) is 5.60 Å². The second-order valence-corrected chi connectivity index (χ2v) is 10.7. The quantitative estimate of drug-likeness (QED) is 0.343. The van der Waals surface area contributed by atoms with Gasteiger partial charge in [0, 0.05) is 42.5 Å². The standard InChI is InChI=1S/C32H30ClN3O2/c1-31(2,37)16-14-22-6-5-7-23(18-22)27-15-17-35(3)29-13-10-25(19-28(27)29)32(38,30-20-34-21-36(30)4)24-8-11-26(33)12-9-24/h5-13,15,17-21,27,37-38H,1-4H3. The van der Waals surface area contributed by atoms with Crippen LogP contribution in [0.3, 0.4) is 0 Å². The van der Waals surface area contributed by atoms with E-state index in [0.29, 0.717) is 16.3 Å². The molecule has 2 N–H and O–H groups in total. The molecule has 0 spiro atoms. The fourth-order valence-corrected chi connectivity index (χ4v) is 5.06. The molecule has 3 aromatic carbocycles. The van der Waals surface area contributed by atoms with Crippen LogP contribution in [0.25, 0.3) is 0 Å². The van der Waals surface area contributed by atoms with Gasteiger partial charge in [-0.1, -0.05) is 59.8 Å². The molecule has 5 rings (SSSR count). The summed E-state index contributed by atoms with van der Waals surface area (Å²) in [5, 5.41) is 23.1. The Morgan fingerprint density at radius 3 is 2.37 bits per heavy atom. The number of anilines is 1. The summed E-state index contributed by atoms with van der Waals surface area (Å²) in [7, 11) is 3.89. The van der Waals surface area contributed by atoms with Crippen molar-refractivity contribution in [2.45, 2.75) is 31.0 Å². The third-order valence-corrected chi connectivity index (χ3v) is 7.12. The summed E-state index contributed by atoms with van der Waals surface area (Å²) in [5.74, 6) is 5.93. The molecule has 0 saturated heterocycles. The Bertz CT molecular complexity index is 1570. The largest absolute Gasteiger partial charge is 0.378 e. The molecule has 38 heavy (non-hydrogen) atoms. The van der Waals surface area contributed by atoms with E-state index in [1.54, 1.807) is 38.5 Å². The van der Waals surface area contributed by atoms with Crippen molar-refractivity contribution in [3.63, 3.8) is 0 Å². The van der Waals surface area contributed by atoms with Crippen molar-refractivity contribution in [1.29, 1.82) is 0 Å². The number of hydrogen-bond donors (Lipinski definition) is 2. The Morgan fingerprint density at radius 1 is 0.947 bits per heavy atom. The lowest BCUT2D eigenvalue weighted by Crippen LogP contribution is -2.31. The summed E-state index contributed by atoms with van der Waals surface area (Å²) in [6, 6.07) is 21.4. The van der Waals surface area contributed by atoms with Gasteiger partial charge in [-0.15, -0.1) is 0 Å². The zero-order valence-corrected chi connectivity index (χ0v) is 22.6. The maximum absolute atomic E-state index is 12.4. The van der Waals surface area contributed by atoms with Crippen LogP contribution >= 0.6 is 11.6 Å². The molecule has 0 radical (unpaired) electrons. The highest BCUT2D eigenvalue weighted by Gasteiger charge is 2.37. The minimum Gasteiger partial charge on any atom is -0.378 e. The molecule has 1 aromatic heterocycles. The third kappa shape index (κ3) is 4.87. The van der Waals surface area contributed by atoms with Gasteiger partial charge in [0.05, 0.1) is 18.2 Å². The van der Waals surface area contributed by atoms with Gasteiger partial charge in [0.25, 0.3) is 0 Å². The smallest absolute Gasteiger partial charge is 0.156 e. The highest BCUT2D eigenvalue weighted by Crippen LogP contribution is 2.43. The maximum Gasteiger partial charge on any atom is 0.156 e. The van der Waals surface area contributed by atoms with Crippen molar-refractivity contribution in [3.8, 4) is 11.8 Å². The second kappa shape index (κ2) is 9.81.